The zero-order valence-electron chi connectivity index (χ0n) is 33.5. The number of methoxy groups -OCH3 is 2. The van der Waals surface area contributed by atoms with Gasteiger partial charge in [0.2, 0.25) is 6.41 Å². The number of carbonyl (C=O) groups excluding carboxylic acids is 2. The van der Waals surface area contributed by atoms with Crippen LogP contribution >= 0.6 is 0 Å². The van der Waals surface area contributed by atoms with Gasteiger partial charge in [0, 0.05) is 62.0 Å². The maximum atomic E-state index is 12.1. The maximum absolute atomic E-state index is 12.1. The normalized spacial score (nSPS) is 16.5. The smallest absolute Gasteiger partial charge is 0.210 e. The first-order chi connectivity index (χ1) is 28.3. The van der Waals surface area contributed by atoms with Crippen molar-refractivity contribution in [3.8, 4) is 23.0 Å². The molecule has 1 N–H and O–H groups in total. The van der Waals surface area contributed by atoms with Crippen LogP contribution in [-0.4, -0.2) is 80.3 Å². The number of pyridine rings is 1. The van der Waals surface area contributed by atoms with E-state index in [2.05, 4.69) is 47.6 Å². The molecule has 0 radical (unpaired) electrons. The predicted octanol–water partition coefficient (Wildman–Crippen LogP) is 7.46. The number of aliphatic imine (C=N–C) groups is 2. The van der Waals surface area contributed by atoms with E-state index in [1.54, 1.807) is 24.1 Å². The van der Waals surface area contributed by atoms with E-state index in [4.69, 9.17) is 33.9 Å². The summed E-state index contributed by atoms with van der Waals surface area (Å²) in [5, 5.41) is 3.21. The number of aryl methyl sites for hydroxylation is 1. The standard InChI is InChI=1S/C46H48N6O6/c1-30-15-43(55-4)45(20-41(30)48-23-40-18-31-9-6-7-10-33(31)25-52(40)29-54)57-27-37-11-8-12-38(50-37)28-58-46-21-42(35(26-53)19-44(46)56-5)49-22-39-17-32-13-14-36(47-2)16-34(32)24-51(39)3/h6-16,19-23,26,29,39-40,47H,17-18,24-25,27-28H2,1-5H3. The van der Waals surface area contributed by atoms with Crippen LogP contribution in [-0.2, 0) is 43.9 Å². The summed E-state index contributed by atoms with van der Waals surface area (Å²) in [6, 6.07) is 27.3. The van der Waals surface area contributed by atoms with Crippen LogP contribution in [0, 0.1) is 6.92 Å². The van der Waals surface area contributed by atoms with Crippen LogP contribution in [0.1, 0.15) is 49.6 Å². The van der Waals surface area contributed by atoms with Gasteiger partial charge < -0.3 is 29.2 Å². The van der Waals surface area contributed by atoms with Gasteiger partial charge >= 0.3 is 0 Å². The van der Waals surface area contributed by atoms with E-state index in [1.807, 2.05) is 68.9 Å². The highest BCUT2D eigenvalue weighted by molar-refractivity contribution is 5.87. The van der Waals surface area contributed by atoms with Gasteiger partial charge in [-0.2, -0.15) is 0 Å². The Kier molecular flexibility index (Phi) is 12.4. The van der Waals surface area contributed by atoms with E-state index in [-0.39, 0.29) is 25.3 Å². The van der Waals surface area contributed by atoms with Crippen LogP contribution in [0.15, 0.2) is 94.9 Å². The Labute approximate surface area is 339 Å². The van der Waals surface area contributed by atoms with Gasteiger partial charge in [-0.3, -0.25) is 29.5 Å². The molecule has 0 bridgehead atoms. The molecule has 2 aliphatic rings. The average molecular weight is 781 g/mol. The van der Waals surface area contributed by atoms with Crippen molar-refractivity contribution in [2.75, 3.05) is 33.6 Å². The molecule has 2 unspecified atom stereocenters. The molecule has 0 spiro atoms. The third-order valence-corrected chi connectivity index (χ3v) is 10.7. The molecule has 4 aromatic carbocycles. The monoisotopic (exact) mass is 780 g/mol. The number of benzene rings is 4. The molecular formula is C46H48N6O6. The number of aromatic nitrogens is 1. The molecule has 0 saturated heterocycles. The Bertz CT molecular complexity index is 2340. The number of hydrogen-bond acceptors (Lipinski definition) is 11. The Morgan fingerprint density at radius 2 is 1.36 bits per heavy atom. The minimum atomic E-state index is -0.162. The highest BCUT2D eigenvalue weighted by Crippen LogP contribution is 2.37. The minimum Gasteiger partial charge on any atom is -0.493 e. The van der Waals surface area contributed by atoms with Gasteiger partial charge in [0.1, 0.15) is 13.2 Å². The molecule has 0 saturated carbocycles. The molecule has 1 aromatic heterocycles. The number of rotatable bonds is 15. The molecule has 2 atom stereocenters. The number of carbonyl (C=O) groups is 2. The number of likely N-dealkylation sites (N-methyl/N-ethyl adjacent to an activating group) is 1. The largest absolute Gasteiger partial charge is 0.493 e. The number of nitrogens with zero attached hydrogens (tertiary/aromatic N) is 5. The van der Waals surface area contributed by atoms with Crippen LogP contribution < -0.4 is 24.3 Å². The summed E-state index contributed by atoms with van der Waals surface area (Å²) in [5.74, 6) is 1.95. The van der Waals surface area contributed by atoms with Gasteiger partial charge in [0.15, 0.2) is 29.3 Å². The number of nitrogens with one attached hydrogen (secondary N) is 1. The van der Waals surface area contributed by atoms with E-state index >= 15 is 0 Å². The minimum absolute atomic E-state index is 0.0574. The van der Waals surface area contributed by atoms with Crippen molar-refractivity contribution < 1.29 is 28.5 Å². The zero-order valence-corrected chi connectivity index (χ0v) is 33.5. The van der Waals surface area contributed by atoms with E-state index < -0.39 is 0 Å². The molecule has 2 aliphatic heterocycles. The van der Waals surface area contributed by atoms with Crippen molar-refractivity contribution in [1.29, 1.82) is 0 Å². The lowest BCUT2D eigenvalue weighted by Crippen LogP contribution is -2.40. The number of fused-ring (bicyclic) bond motifs is 2. The topological polar surface area (TPSA) is 127 Å². The average Bonchev–Trinajstić information content (AvgIpc) is 3.25. The molecule has 12 heteroatoms. The van der Waals surface area contributed by atoms with Gasteiger partial charge in [-0.15, -0.1) is 0 Å². The van der Waals surface area contributed by atoms with Crippen molar-refractivity contribution in [2.45, 2.75) is 58.2 Å². The van der Waals surface area contributed by atoms with Crippen molar-refractivity contribution >= 4 is 42.2 Å². The summed E-state index contributed by atoms with van der Waals surface area (Å²) in [6.07, 6.45) is 6.90. The number of amides is 1. The second kappa shape index (κ2) is 18.2. The summed E-state index contributed by atoms with van der Waals surface area (Å²) in [6.45, 7) is 3.61. The maximum Gasteiger partial charge on any atom is 0.210 e. The summed E-state index contributed by atoms with van der Waals surface area (Å²) in [4.78, 5) is 42.4. The lowest BCUT2D eigenvalue weighted by molar-refractivity contribution is -0.119. The highest BCUT2D eigenvalue weighted by atomic mass is 16.5. The molecule has 58 heavy (non-hydrogen) atoms. The first kappa shape index (κ1) is 39.7. The van der Waals surface area contributed by atoms with E-state index in [0.29, 0.717) is 64.3 Å². The number of aldehydes is 1. The fraction of sp³-hybridized carbons (Fsp3) is 0.283. The number of hydrogen-bond donors (Lipinski definition) is 1. The van der Waals surface area contributed by atoms with Gasteiger partial charge in [-0.25, -0.2) is 0 Å². The lowest BCUT2D eigenvalue weighted by Gasteiger charge is -2.32. The zero-order chi connectivity index (χ0) is 40.6. The highest BCUT2D eigenvalue weighted by Gasteiger charge is 2.24. The van der Waals surface area contributed by atoms with Gasteiger partial charge in [0.25, 0.3) is 0 Å². The quantitative estimate of drug-likeness (QED) is 0.0851. The first-order valence-electron chi connectivity index (χ1n) is 19.2. The Hall–Kier alpha value is -6.53. The van der Waals surface area contributed by atoms with Crippen molar-refractivity contribution in [1.82, 2.24) is 14.8 Å². The lowest BCUT2D eigenvalue weighted by atomic mass is 9.94. The van der Waals surface area contributed by atoms with Gasteiger partial charge in [0.05, 0.1) is 43.0 Å². The molecule has 3 heterocycles. The molecule has 5 aromatic rings. The summed E-state index contributed by atoms with van der Waals surface area (Å²) in [7, 11) is 7.13. The third-order valence-electron chi connectivity index (χ3n) is 10.7. The van der Waals surface area contributed by atoms with Crippen LogP contribution in [0.2, 0.25) is 0 Å². The van der Waals surface area contributed by atoms with E-state index in [1.165, 1.54) is 23.8 Å². The molecule has 12 nitrogen and oxygen atoms in total. The van der Waals surface area contributed by atoms with Gasteiger partial charge in [-0.1, -0.05) is 36.4 Å². The molecule has 7 rings (SSSR count). The summed E-state index contributed by atoms with van der Waals surface area (Å²) >= 11 is 0. The van der Waals surface area contributed by atoms with E-state index in [0.717, 1.165) is 42.5 Å². The van der Waals surface area contributed by atoms with Crippen LogP contribution in [0.5, 0.6) is 23.0 Å². The van der Waals surface area contributed by atoms with Crippen LogP contribution in [0.25, 0.3) is 0 Å². The fourth-order valence-corrected chi connectivity index (χ4v) is 7.31. The Balaban J connectivity index is 1.02. The Morgan fingerprint density at radius 3 is 2.05 bits per heavy atom. The van der Waals surface area contributed by atoms with Gasteiger partial charge in [-0.05, 0) is 91.0 Å². The summed E-state index contributed by atoms with van der Waals surface area (Å²) < 4.78 is 23.7. The SMILES string of the molecule is CNc1ccc2c(c1)CN(C)C(C=Nc1cc(OCc3cccc(COc4cc(N=CC5Cc6ccccc6CN5C=O)c(C)cc4OC)n3)c(OC)cc1C=O)C2. The summed E-state index contributed by atoms with van der Waals surface area (Å²) in [5.41, 5.74) is 9.91. The third kappa shape index (κ3) is 9.03. The number of ether oxygens (including phenoxy) is 4. The molecule has 0 fully saturated rings. The van der Waals surface area contributed by atoms with Crippen LogP contribution in [0.3, 0.4) is 0 Å². The first-order valence-corrected chi connectivity index (χ1v) is 19.2. The van der Waals surface area contributed by atoms with Crippen molar-refractivity contribution in [3.05, 3.63) is 130 Å². The predicted molar refractivity (Wildman–Crippen MR) is 226 cm³/mol. The fourth-order valence-electron chi connectivity index (χ4n) is 7.31. The molecule has 0 aliphatic carbocycles. The van der Waals surface area contributed by atoms with Crippen molar-refractivity contribution in [2.24, 2.45) is 9.98 Å². The number of anilines is 1. The second-order valence-electron chi connectivity index (χ2n) is 14.5. The van der Waals surface area contributed by atoms with Crippen molar-refractivity contribution in [3.63, 3.8) is 0 Å². The molecular weight excluding hydrogens is 733 g/mol. The van der Waals surface area contributed by atoms with Crippen LogP contribution in [0.4, 0.5) is 17.1 Å². The molecule has 298 valence electrons. The Morgan fingerprint density at radius 1 is 0.724 bits per heavy atom. The second-order valence-corrected chi connectivity index (χ2v) is 14.5. The molecule has 1 amide bonds. The van der Waals surface area contributed by atoms with E-state index in [9.17, 15) is 9.59 Å².